The van der Waals surface area contributed by atoms with Crippen molar-refractivity contribution in [3.05, 3.63) is 35.9 Å². The molecule has 0 saturated carbocycles. The van der Waals surface area contributed by atoms with Crippen LogP contribution >= 0.6 is 0 Å². The Kier molecular flexibility index (Phi) is 9.68. The Hall–Kier alpha value is -2.57. The molecule has 24 heavy (non-hydrogen) atoms. The predicted octanol–water partition coefficient (Wildman–Crippen LogP) is 2.56. The number of nitrogens with one attached hydrogen (secondary N) is 3. The number of rotatable bonds is 9. The van der Waals surface area contributed by atoms with Crippen molar-refractivity contribution < 1.29 is 19.1 Å². The van der Waals surface area contributed by atoms with Crippen molar-refractivity contribution in [2.45, 2.75) is 39.2 Å². The third-order valence-corrected chi connectivity index (χ3v) is 3.17. The van der Waals surface area contributed by atoms with Gasteiger partial charge < -0.3 is 20.1 Å². The van der Waals surface area contributed by atoms with Gasteiger partial charge in [0.2, 0.25) is 5.91 Å². The van der Waals surface area contributed by atoms with Gasteiger partial charge in [-0.2, -0.15) is 0 Å². The van der Waals surface area contributed by atoms with Crippen LogP contribution in [0.5, 0.6) is 0 Å². The average Bonchev–Trinajstić information content (AvgIpc) is 2.59. The molecule has 0 unspecified atom stereocenters. The van der Waals surface area contributed by atoms with Crippen molar-refractivity contribution in [2.24, 2.45) is 0 Å². The highest BCUT2D eigenvalue weighted by atomic mass is 16.7. The summed E-state index contributed by atoms with van der Waals surface area (Å²) in [4.78, 5) is 22.5. The van der Waals surface area contributed by atoms with Crippen LogP contribution in [0.2, 0.25) is 0 Å². The lowest BCUT2D eigenvalue weighted by atomic mass is 10.2. The molecule has 0 spiro atoms. The third kappa shape index (κ3) is 9.45. The normalized spacial score (nSPS) is 9.88. The molecule has 0 aliphatic heterocycles. The molecule has 1 amide bonds. The van der Waals surface area contributed by atoms with Gasteiger partial charge in [-0.3, -0.25) is 10.2 Å². The SMILES string of the molecule is CCC(=O)NCCCCCNC(=N)OC(=O)OCc1ccccc1. The minimum Gasteiger partial charge on any atom is -0.429 e. The first-order valence-corrected chi connectivity index (χ1v) is 8.09. The van der Waals surface area contributed by atoms with E-state index in [0.29, 0.717) is 19.5 Å². The highest BCUT2D eigenvalue weighted by Crippen LogP contribution is 2.01. The van der Waals surface area contributed by atoms with Crippen LogP contribution < -0.4 is 10.6 Å². The number of amidine groups is 1. The van der Waals surface area contributed by atoms with Gasteiger partial charge in [0, 0.05) is 19.5 Å². The summed E-state index contributed by atoms with van der Waals surface area (Å²) >= 11 is 0. The molecule has 7 heteroatoms. The van der Waals surface area contributed by atoms with Crippen molar-refractivity contribution in [1.82, 2.24) is 10.6 Å². The van der Waals surface area contributed by atoms with Crippen LogP contribution in [0.15, 0.2) is 30.3 Å². The lowest BCUT2D eigenvalue weighted by Gasteiger charge is -2.09. The number of unbranched alkanes of at least 4 members (excludes halogenated alkanes) is 2. The largest absolute Gasteiger partial charge is 0.516 e. The van der Waals surface area contributed by atoms with Crippen molar-refractivity contribution in [3.63, 3.8) is 0 Å². The first kappa shape index (κ1) is 19.5. The van der Waals surface area contributed by atoms with E-state index in [9.17, 15) is 9.59 Å². The molecule has 1 aromatic carbocycles. The average molecular weight is 335 g/mol. The maximum absolute atomic E-state index is 11.4. The number of hydrogen-bond donors (Lipinski definition) is 3. The highest BCUT2D eigenvalue weighted by molar-refractivity contribution is 5.82. The molecular formula is C17H25N3O4. The summed E-state index contributed by atoms with van der Waals surface area (Å²) in [5, 5.41) is 13.0. The zero-order valence-corrected chi connectivity index (χ0v) is 14.0. The van der Waals surface area contributed by atoms with E-state index in [4.69, 9.17) is 14.9 Å². The summed E-state index contributed by atoms with van der Waals surface area (Å²) in [6.45, 7) is 3.10. The lowest BCUT2D eigenvalue weighted by molar-refractivity contribution is -0.120. The van der Waals surface area contributed by atoms with Gasteiger partial charge in [-0.05, 0) is 24.8 Å². The summed E-state index contributed by atoms with van der Waals surface area (Å²) in [6.07, 6.45) is 2.19. The zero-order valence-electron chi connectivity index (χ0n) is 14.0. The lowest BCUT2D eigenvalue weighted by Crippen LogP contribution is -2.29. The number of carbonyl (C=O) groups excluding carboxylic acids is 2. The molecule has 0 fully saturated rings. The van der Waals surface area contributed by atoms with Gasteiger partial charge in [-0.1, -0.05) is 37.3 Å². The topological polar surface area (TPSA) is 101 Å². The molecule has 0 aromatic heterocycles. The van der Waals surface area contributed by atoms with Crippen LogP contribution in [0.4, 0.5) is 4.79 Å². The first-order valence-electron chi connectivity index (χ1n) is 8.09. The molecule has 0 saturated heterocycles. The Morgan fingerprint density at radius 2 is 1.71 bits per heavy atom. The number of benzene rings is 1. The molecule has 0 heterocycles. The molecule has 0 atom stereocenters. The Bertz CT molecular complexity index is 520. The fourth-order valence-corrected chi connectivity index (χ4v) is 1.85. The second kappa shape index (κ2) is 11.9. The maximum atomic E-state index is 11.4. The van der Waals surface area contributed by atoms with Crippen molar-refractivity contribution in [1.29, 1.82) is 5.41 Å². The van der Waals surface area contributed by atoms with Crippen LogP contribution in [-0.4, -0.2) is 31.2 Å². The number of amides is 1. The summed E-state index contributed by atoms with van der Waals surface area (Å²) in [5.41, 5.74) is 0.851. The number of ether oxygens (including phenoxy) is 2. The van der Waals surface area contributed by atoms with Crippen LogP contribution in [0.3, 0.4) is 0 Å². The van der Waals surface area contributed by atoms with Gasteiger partial charge in [0.15, 0.2) is 0 Å². The number of carbonyl (C=O) groups is 2. The molecule has 3 N–H and O–H groups in total. The standard InChI is InChI=1S/C17H25N3O4/c1-2-15(21)19-11-7-4-8-12-20-16(18)24-17(22)23-13-14-9-5-3-6-10-14/h3,5-6,9-10H,2,4,7-8,11-13H2,1H3,(H2,18,20)(H,19,21). The predicted molar refractivity (Wildman–Crippen MR) is 90.6 cm³/mol. The third-order valence-electron chi connectivity index (χ3n) is 3.17. The summed E-state index contributed by atoms with van der Waals surface area (Å²) < 4.78 is 9.61. The second-order valence-corrected chi connectivity index (χ2v) is 5.15. The molecule has 1 rings (SSSR count). The molecule has 1 aromatic rings. The van der Waals surface area contributed by atoms with Crippen molar-refractivity contribution in [2.75, 3.05) is 13.1 Å². The van der Waals surface area contributed by atoms with E-state index in [-0.39, 0.29) is 18.5 Å². The summed E-state index contributed by atoms with van der Waals surface area (Å²) in [6, 6.07) is 8.91. The van der Waals surface area contributed by atoms with E-state index in [1.54, 1.807) is 0 Å². The van der Waals surface area contributed by atoms with Gasteiger partial charge >= 0.3 is 6.16 Å². The van der Waals surface area contributed by atoms with Crippen molar-refractivity contribution >= 4 is 18.1 Å². The van der Waals surface area contributed by atoms with Gasteiger partial charge in [0.05, 0.1) is 0 Å². The van der Waals surface area contributed by atoms with E-state index in [1.807, 2.05) is 37.3 Å². The van der Waals surface area contributed by atoms with Gasteiger partial charge in [-0.15, -0.1) is 0 Å². The summed E-state index contributed by atoms with van der Waals surface area (Å²) in [5.74, 6) is 0.0531. The Balaban J connectivity index is 2.01. The first-order chi connectivity index (χ1) is 11.6. The van der Waals surface area contributed by atoms with Crippen molar-refractivity contribution in [3.8, 4) is 0 Å². The van der Waals surface area contributed by atoms with E-state index >= 15 is 0 Å². The molecular weight excluding hydrogens is 310 g/mol. The van der Waals surface area contributed by atoms with Gasteiger partial charge in [-0.25, -0.2) is 4.79 Å². The molecule has 132 valence electrons. The van der Waals surface area contributed by atoms with E-state index in [2.05, 4.69) is 10.6 Å². The van der Waals surface area contributed by atoms with E-state index < -0.39 is 6.16 Å². The minimum absolute atomic E-state index is 0.0531. The fourth-order valence-electron chi connectivity index (χ4n) is 1.85. The van der Waals surface area contributed by atoms with Crippen LogP contribution in [0.25, 0.3) is 0 Å². The monoisotopic (exact) mass is 335 g/mol. The molecule has 0 aliphatic carbocycles. The Labute approximate surface area is 142 Å². The molecule has 0 aliphatic rings. The second-order valence-electron chi connectivity index (χ2n) is 5.15. The van der Waals surface area contributed by atoms with Gasteiger partial charge in [0.1, 0.15) is 6.61 Å². The Morgan fingerprint density at radius 1 is 1.04 bits per heavy atom. The molecule has 0 radical (unpaired) electrons. The fraction of sp³-hybridized carbons (Fsp3) is 0.471. The molecule has 7 nitrogen and oxygen atoms in total. The van der Waals surface area contributed by atoms with Crippen LogP contribution in [0.1, 0.15) is 38.2 Å². The summed E-state index contributed by atoms with van der Waals surface area (Å²) in [7, 11) is 0. The molecule has 0 bridgehead atoms. The maximum Gasteiger partial charge on any atom is 0.516 e. The Morgan fingerprint density at radius 3 is 2.38 bits per heavy atom. The number of hydrogen-bond acceptors (Lipinski definition) is 5. The van der Waals surface area contributed by atoms with Crippen LogP contribution in [0, 0.1) is 5.41 Å². The van der Waals surface area contributed by atoms with Gasteiger partial charge in [0.25, 0.3) is 6.02 Å². The van der Waals surface area contributed by atoms with E-state index in [1.165, 1.54) is 0 Å². The van der Waals surface area contributed by atoms with Crippen LogP contribution in [-0.2, 0) is 20.9 Å². The zero-order chi connectivity index (χ0) is 17.6. The highest BCUT2D eigenvalue weighted by Gasteiger charge is 2.08. The quantitative estimate of drug-likeness (QED) is 0.279. The van der Waals surface area contributed by atoms with E-state index in [0.717, 1.165) is 24.8 Å². The minimum atomic E-state index is -0.904. The smallest absolute Gasteiger partial charge is 0.429 e.